The number of nitrogens with one attached hydrogen (secondary N) is 1. The van der Waals surface area contributed by atoms with Gasteiger partial charge in [-0.2, -0.15) is 0 Å². The number of nitrogens with zero attached hydrogens (tertiary/aromatic N) is 1. The molecule has 1 saturated carbocycles. The zero-order valence-electron chi connectivity index (χ0n) is 14.9. The number of hydrogen-bond donors (Lipinski definition) is 1. The summed E-state index contributed by atoms with van der Waals surface area (Å²) in [6.45, 7) is 0. The van der Waals surface area contributed by atoms with Gasteiger partial charge in [-0.1, -0.05) is 42.8 Å². The first-order valence-corrected chi connectivity index (χ1v) is 9.79. The molecule has 1 aromatic heterocycles. The minimum absolute atomic E-state index is 0.0163. The SMILES string of the molecule is O=C1[C@H]2[C@H]3CCC[C@@H]3c3c([nH]c4ccccc34)[C@H]2C(=O)N1c1ccccc1. The Hall–Kier alpha value is -2.88. The van der Waals surface area contributed by atoms with Crippen molar-refractivity contribution in [3.8, 4) is 0 Å². The monoisotopic (exact) mass is 356 g/mol. The molecular formula is C23H20N2O2. The van der Waals surface area contributed by atoms with Gasteiger partial charge >= 0.3 is 0 Å². The van der Waals surface area contributed by atoms with E-state index in [0.717, 1.165) is 30.5 Å². The highest BCUT2D eigenvalue weighted by molar-refractivity contribution is 6.24. The lowest BCUT2D eigenvalue weighted by Crippen LogP contribution is -2.33. The van der Waals surface area contributed by atoms with Crippen molar-refractivity contribution >= 4 is 28.4 Å². The Kier molecular flexibility index (Phi) is 2.99. The maximum absolute atomic E-state index is 13.5. The van der Waals surface area contributed by atoms with Crippen LogP contribution in [0.25, 0.3) is 10.9 Å². The molecule has 2 heterocycles. The molecule has 3 aromatic rings. The van der Waals surface area contributed by atoms with Crippen molar-refractivity contribution in [3.05, 3.63) is 65.9 Å². The highest BCUT2D eigenvalue weighted by Crippen LogP contribution is 2.58. The molecule has 6 rings (SSSR count). The van der Waals surface area contributed by atoms with Crippen LogP contribution in [0.1, 0.15) is 42.4 Å². The molecule has 2 fully saturated rings. The molecule has 2 aromatic carbocycles. The molecule has 0 spiro atoms. The third-order valence-electron chi connectivity index (χ3n) is 6.85. The Morgan fingerprint density at radius 3 is 2.52 bits per heavy atom. The predicted molar refractivity (Wildman–Crippen MR) is 104 cm³/mol. The van der Waals surface area contributed by atoms with E-state index in [-0.39, 0.29) is 29.6 Å². The number of rotatable bonds is 1. The fourth-order valence-corrected chi connectivity index (χ4v) is 5.86. The van der Waals surface area contributed by atoms with Gasteiger partial charge in [0.1, 0.15) is 0 Å². The zero-order chi connectivity index (χ0) is 18.1. The van der Waals surface area contributed by atoms with E-state index in [1.807, 2.05) is 36.4 Å². The zero-order valence-corrected chi connectivity index (χ0v) is 14.9. The summed E-state index contributed by atoms with van der Waals surface area (Å²) in [7, 11) is 0. The van der Waals surface area contributed by atoms with Crippen molar-refractivity contribution in [2.45, 2.75) is 31.1 Å². The van der Waals surface area contributed by atoms with Crippen LogP contribution in [0.5, 0.6) is 0 Å². The van der Waals surface area contributed by atoms with Crippen LogP contribution in [0.3, 0.4) is 0 Å². The van der Waals surface area contributed by atoms with E-state index < -0.39 is 0 Å². The number of imide groups is 1. The van der Waals surface area contributed by atoms with E-state index in [0.29, 0.717) is 11.6 Å². The molecule has 0 radical (unpaired) electrons. The Morgan fingerprint density at radius 2 is 1.67 bits per heavy atom. The van der Waals surface area contributed by atoms with Gasteiger partial charge in [-0.15, -0.1) is 0 Å². The van der Waals surface area contributed by atoms with Gasteiger partial charge in [0.2, 0.25) is 11.8 Å². The Bertz CT molecular complexity index is 1080. The van der Waals surface area contributed by atoms with Crippen LogP contribution < -0.4 is 4.90 Å². The number of fused-ring (bicyclic) bond motifs is 8. The van der Waals surface area contributed by atoms with Crippen LogP contribution in [-0.2, 0) is 9.59 Å². The third kappa shape index (κ3) is 1.88. The van der Waals surface area contributed by atoms with Gasteiger partial charge in [-0.3, -0.25) is 9.59 Å². The molecule has 2 aliphatic carbocycles. The molecular weight excluding hydrogens is 336 g/mol. The number of carbonyl (C=O) groups is 2. The number of benzene rings is 2. The number of carbonyl (C=O) groups excluding carboxylic acids is 2. The molecule has 4 atom stereocenters. The highest BCUT2D eigenvalue weighted by Gasteiger charge is 2.59. The molecule has 1 N–H and O–H groups in total. The smallest absolute Gasteiger partial charge is 0.243 e. The average Bonchev–Trinajstić information content (AvgIpc) is 3.37. The summed E-state index contributed by atoms with van der Waals surface area (Å²) in [5, 5.41) is 1.22. The molecule has 2 amide bonds. The fraction of sp³-hybridized carbons (Fsp3) is 0.304. The Balaban J connectivity index is 1.58. The lowest BCUT2D eigenvalue weighted by atomic mass is 9.67. The lowest BCUT2D eigenvalue weighted by Gasteiger charge is -2.33. The van der Waals surface area contributed by atoms with Crippen LogP contribution in [-0.4, -0.2) is 16.8 Å². The van der Waals surface area contributed by atoms with Crippen molar-refractivity contribution in [2.75, 3.05) is 4.90 Å². The number of para-hydroxylation sites is 2. The largest absolute Gasteiger partial charge is 0.357 e. The van der Waals surface area contributed by atoms with Gasteiger partial charge in [0.25, 0.3) is 0 Å². The van der Waals surface area contributed by atoms with E-state index in [4.69, 9.17) is 0 Å². The highest BCUT2D eigenvalue weighted by atomic mass is 16.2. The summed E-state index contributed by atoms with van der Waals surface area (Å²) >= 11 is 0. The number of anilines is 1. The molecule has 0 unspecified atom stereocenters. The second-order valence-electron chi connectivity index (χ2n) is 8.05. The van der Waals surface area contributed by atoms with E-state index in [9.17, 15) is 9.59 Å². The Labute approximate surface area is 157 Å². The quantitative estimate of drug-likeness (QED) is 0.660. The van der Waals surface area contributed by atoms with Gasteiger partial charge in [0.05, 0.1) is 17.5 Å². The number of aromatic amines is 1. The fourth-order valence-electron chi connectivity index (χ4n) is 5.86. The third-order valence-corrected chi connectivity index (χ3v) is 6.85. The topological polar surface area (TPSA) is 53.2 Å². The lowest BCUT2D eigenvalue weighted by molar-refractivity contribution is -0.123. The molecule has 4 nitrogen and oxygen atoms in total. The number of H-pyrrole nitrogens is 1. The normalized spacial score (nSPS) is 29.1. The summed E-state index contributed by atoms with van der Waals surface area (Å²) in [6.07, 6.45) is 3.27. The van der Waals surface area contributed by atoms with Crippen LogP contribution in [0.4, 0.5) is 5.69 Å². The maximum atomic E-state index is 13.5. The minimum Gasteiger partial charge on any atom is -0.357 e. The average molecular weight is 356 g/mol. The summed E-state index contributed by atoms with van der Waals surface area (Å²) in [4.78, 5) is 31.8. The molecule has 1 aliphatic heterocycles. The molecule has 134 valence electrons. The first-order chi connectivity index (χ1) is 13.3. The number of aromatic nitrogens is 1. The Morgan fingerprint density at radius 1 is 0.889 bits per heavy atom. The van der Waals surface area contributed by atoms with Crippen LogP contribution >= 0.6 is 0 Å². The number of hydrogen-bond acceptors (Lipinski definition) is 2. The van der Waals surface area contributed by atoms with Crippen molar-refractivity contribution in [1.82, 2.24) is 4.98 Å². The van der Waals surface area contributed by atoms with Crippen molar-refractivity contribution < 1.29 is 9.59 Å². The first kappa shape index (κ1) is 15.2. The molecule has 0 bridgehead atoms. The molecule has 1 saturated heterocycles. The summed E-state index contributed by atoms with van der Waals surface area (Å²) in [5.41, 5.74) is 4.05. The van der Waals surface area contributed by atoms with Crippen LogP contribution in [0.2, 0.25) is 0 Å². The predicted octanol–water partition coefficient (Wildman–Crippen LogP) is 4.34. The summed E-state index contributed by atoms with van der Waals surface area (Å²) < 4.78 is 0. The van der Waals surface area contributed by atoms with E-state index in [1.54, 1.807) is 0 Å². The minimum atomic E-state index is -0.376. The van der Waals surface area contributed by atoms with Gasteiger partial charge in [0, 0.05) is 16.6 Å². The van der Waals surface area contributed by atoms with Crippen LogP contribution in [0, 0.1) is 11.8 Å². The van der Waals surface area contributed by atoms with Gasteiger partial charge in [0.15, 0.2) is 0 Å². The standard InChI is InChI=1S/C23H20N2O2/c26-22-19-15-11-6-10-14(15)18-16-9-4-5-12-17(16)24-21(18)20(19)23(27)25(22)13-7-2-1-3-8-13/h1-5,7-9,12,14-15,19-20,24H,6,10-11H2/t14-,15-,19-,20-/m0/s1. The van der Waals surface area contributed by atoms with Crippen molar-refractivity contribution in [2.24, 2.45) is 11.8 Å². The summed E-state index contributed by atoms with van der Waals surface area (Å²) in [5.74, 6) is -0.0475. The van der Waals surface area contributed by atoms with Crippen molar-refractivity contribution in [1.29, 1.82) is 0 Å². The van der Waals surface area contributed by atoms with E-state index >= 15 is 0 Å². The van der Waals surface area contributed by atoms with Crippen LogP contribution in [0.15, 0.2) is 54.6 Å². The second-order valence-corrected chi connectivity index (χ2v) is 8.05. The molecule has 27 heavy (non-hydrogen) atoms. The van der Waals surface area contributed by atoms with Crippen molar-refractivity contribution in [3.63, 3.8) is 0 Å². The molecule has 4 heteroatoms. The van der Waals surface area contributed by atoms with Gasteiger partial charge in [-0.25, -0.2) is 4.90 Å². The first-order valence-electron chi connectivity index (χ1n) is 9.79. The van der Waals surface area contributed by atoms with Gasteiger partial charge < -0.3 is 4.98 Å². The van der Waals surface area contributed by atoms with E-state index in [1.165, 1.54) is 15.8 Å². The maximum Gasteiger partial charge on any atom is 0.243 e. The molecule has 3 aliphatic rings. The van der Waals surface area contributed by atoms with Gasteiger partial charge in [-0.05, 0) is 48.4 Å². The van der Waals surface area contributed by atoms with E-state index in [2.05, 4.69) is 23.2 Å². The number of amides is 2. The second kappa shape index (κ2) is 5.32. The summed E-state index contributed by atoms with van der Waals surface area (Å²) in [6, 6.07) is 17.7.